The van der Waals surface area contributed by atoms with Crippen molar-refractivity contribution in [2.45, 2.75) is 57.2 Å². The molecule has 3 rings (SSSR count). The molecule has 2 unspecified atom stereocenters. The zero-order valence-electron chi connectivity index (χ0n) is 13.6. The first-order valence-electron chi connectivity index (χ1n) is 8.30. The van der Waals surface area contributed by atoms with E-state index in [4.69, 9.17) is 4.74 Å². The van der Waals surface area contributed by atoms with Crippen molar-refractivity contribution >= 4 is 5.91 Å². The summed E-state index contributed by atoms with van der Waals surface area (Å²) in [6, 6.07) is 8.49. The Morgan fingerprint density at radius 3 is 2.82 bits per heavy atom. The van der Waals surface area contributed by atoms with Crippen molar-refractivity contribution in [2.24, 2.45) is 0 Å². The maximum atomic E-state index is 12.7. The standard InChI is InChI=1S/C18H26N2O2/c1-18-11-12-19-16(18)5-3-4-6-17(21)20(18)13-14-7-9-15(22-2)10-8-14/h7-10,16,19H,3-6,11-13H2,1-2H3. The first-order valence-corrected chi connectivity index (χ1v) is 8.30. The molecule has 1 N–H and O–H groups in total. The SMILES string of the molecule is COc1ccc(CN2C(=O)CCCCC3NCCC32C)cc1. The molecule has 0 radical (unpaired) electrons. The number of hydrogen-bond donors (Lipinski definition) is 1. The molecule has 1 amide bonds. The smallest absolute Gasteiger partial charge is 0.223 e. The molecular formula is C18H26N2O2. The number of benzene rings is 1. The molecule has 2 aliphatic heterocycles. The first-order chi connectivity index (χ1) is 10.6. The van der Waals surface area contributed by atoms with E-state index >= 15 is 0 Å². The van der Waals surface area contributed by atoms with Gasteiger partial charge >= 0.3 is 0 Å². The number of hydrogen-bond acceptors (Lipinski definition) is 3. The number of amides is 1. The van der Waals surface area contributed by atoms with Gasteiger partial charge in [-0.1, -0.05) is 18.6 Å². The van der Waals surface area contributed by atoms with E-state index in [9.17, 15) is 4.79 Å². The lowest BCUT2D eigenvalue weighted by molar-refractivity contribution is -0.139. The Labute approximate surface area is 132 Å². The molecule has 0 spiro atoms. The predicted octanol–water partition coefficient (Wildman–Crippen LogP) is 2.72. The number of nitrogens with one attached hydrogen (secondary N) is 1. The minimum absolute atomic E-state index is 0.0581. The highest BCUT2D eigenvalue weighted by Gasteiger charge is 2.45. The molecule has 0 aromatic heterocycles. The highest BCUT2D eigenvalue weighted by molar-refractivity contribution is 5.77. The Morgan fingerprint density at radius 1 is 1.32 bits per heavy atom. The Balaban J connectivity index is 1.84. The third kappa shape index (κ3) is 2.84. The average Bonchev–Trinajstić information content (AvgIpc) is 2.89. The zero-order chi connectivity index (χ0) is 15.6. The number of ether oxygens (including phenoxy) is 1. The van der Waals surface area contributed by atoms with Gasteiger partial charge in [0.2, 0.25) is 5.91 Å². The number of rotatable bonds is 3. The quantitative estimate of drug-likeness (QED) is 0.933. The molecule has 4 nitrogen and oxygen atoms in total. The van der Waals surface area contributed by atoms with Crippen LogP contribution >= 0.6 is 0 Å². The monoisotopic (exact) mass is 302 g/mol. The Morgan fingerprint density at radius 2 is 2.09 bits per heavy atom. The van der Waals surface area contributed by atoms with Crippen molar-refractivity contribution in [1.82, 2.24) is 10.2 Å². The third-order valence-electron chi connectivity index (χ3n) is 5.32. The van der Waals surface area contributed by atoms with Crippen molar-refractivity contribution < 1.29 is 9.53 Å². The van der Waals surface area contributed by atoms with Crippen LogP contribution in [0.25, 0.3) is 0 Å². The van der Waals surface area contributed by atoms with Gasteiger partial charge in [0.25, 0.3) is 0 Å². The summed E-state index contributed by atoms with van der Waals surface area (Å²) in [5.41, 5.74) is 1.11. The van der Waals surface area contributed by atoms with Gasteiger partial charge in [-0.15, -0.1) is 0 Å². The summed E-state index contributed by atoms with van der Waals surface area (Å²) in [5.74, 6) is 1.15. The number of carbonyl (C=O) groups is 1. The van der Waals surface area contributed by atoms with Crippen LogP contribution in [0.5, 0.6) is 5.75 Å². The number of carbonyl (C=O) groups excluding carboxylic acids is 1. The van der Waals surface area contributed by atoms with Crippen molar-refractivity contribution in [3.8, 4) is 5.75 Å². The van der Waals surface area contributed by atoms with E-state index in [0.717, 1.165) is 31.6 Å². The van der Waals surface area contributed by atoms with Gasteiger partial charge in [-0.25, -0.2) is 0 Å². The van der Waals surface area contributed by atoms with Gasteiger partial charge in [0.05, 0.1) is 12.6 Å². The lowest BCUT2D eigenvalue weighted by Crippen LogP contribution is -2.56. The summed E-state index contributed by atoms with van der Waals surface area (Å²) >= 11 is 0. The lowest BCUT2D eigenvalue weighted by Gasteiger charge is -2.44. The number of nitrogens with zero attached hydrogens (tertiary/aromatic N) is 1. The van der Waals surface area contributed by atoms with Crippen LogP contribution < -0.4 is 10.1 Å². The molecule has 2 heterocycles. The van der Waals surface area contributed by atoms with Gasteiger partial charge in [-0.05, 0) is 50.4 Å². The second-order valence-electron chi connectivity index (χ2n) is 6.69. The van der Waals surface area contributed by atoms with Crippen LogP contribution in [-0.4, -0.2) is 36.0 Å². The number of fused-ring (bicyclic) bond motifs is 1. The van der Waals surface area contributed by atoms with Crippen molar-refractivity contribution in [3.63, 3.8) is 0 Å². The van der Waals surface area contributed by atoms with E-state index in [1.807, 2.05) is 12.1 Å². The molecule has 22 heavy (non-hydrogen) atoms. The fraction of sp³-hybridized carbons (Fsp3) is 0.611. The molecular weight excluding hydrogens is 276 g/mol. The Kier molecular flexibility index (Phi) is 4.39. The lowest BCUT2D eigenvalue weighted by atomic mass is 9.84. The molecule has 2 aliphatic rings. The summed E-state index contributed by atoms with van der Waals surface area (Å²) < 4.78 is 5.22. The van der Waals surface area contributed by atoms with Gasteiger partial charge in [-0.3, -0.25) is 4.79 Å². The molecule has 2 saturated heterocycles. The Bertz CT molecular complexity index is 528. The molecule has 0 bridgehead atoms. The van der Waals surface area contributed by atoms with Gasteiger partial charge in [0.15, 0.2) is 0 Å². The molecule has 0 saturated carbocycles. The van der Waals surface area contributed by atoms with E-state index in [1.165, 1.54) is 12.0 Å². The molecule has 1 aromatic carbocycles. The third-order valence-corrected chi connectivity index (χ3v) is 5.32. The summed E-state index contributed by atoms with van der Waals surface area (Å²) in [6.45, 7) is 3.95. The van der Waals surface area contributed by atoms with Crippen molar-refractivity contribution in [3.05, 3.63) is 29.8 Å². The highest BCUT2D eigenvalue weighted by Crippen LogP contribution is 2.35. The predicted molar refractivity (Wildman–Crippen MR) is 86.8 cm³/mol. The van der Waals surface area contributed by atoms with Crippen molar-refractivity contribution in [2.75, 3.05) is 13.7 Å². The van der Waals surface area contributed by atoms with Crippen LogP contribution in [0.2, 0.25) is 0 Å². The van der Waals surface area contributed by atoms with Crippen molar-refractivity contribution in [1.29, 1.82) is 0 Å². The largest absolute Gasteiger partial charge is 0.497 e. The number of methoxy groups -OCH3 is 1. The maximum absolute atomic E-state index is 12.7. The molecule has 0 aliphatic carbocycles. The van der Waals surface area contributed by atoms with Gasteiger partial charge in [0.1, 0.15) is 5.75 Å². The fourth-order valence-corrected chi connectivity index (χ4v) is 3.86. The van der Waals surface area contributed by atoms with Gasteiger partial charge in [-0.2, -0.15) is 0 Å². The van der Waals surface area contributed by atoms with Crippen LogP contribution in [-0.2, 0) is 11.3 Å². The number of likely N-dealkylation sites (tertiary alicyclic amines) is 1. The van der Waals surface area contributed by atoms with E-state index in [-0.39, 0.29) is 5.54 Å². The van der Waals surface area contributed by atoms with Crippen LogP contribution in [0.3, 0.4) is 0 Å². The first kappa shape index (κ1) is 15.3. The van der Waals surface area contributed by atoms with E-state index < -0.39 is 0 Å². The molecule has 2 atom stereocenters. The summed E-state index contributed by atoms with van der Waals surface area (Å²) in [6.07, 6.45) is 5.04. The second-order valence-corrected chi connectivity index (χ2v) is 6.69. The maximum Gasteiger partial charge on any atom is 0.223 e. The molecule has 4 heteroatoms. The topological polar surface area (TPSA) is 41.6 Å². The van der Waals surface area contributed by atoms with E-state index in [1.54, 1.807) is 7.11 Å². The summed E-state index contributed by atoms with van der Waals surface area (Å²) in [5, 5.41) is 3.61. The minimum atomic E-state index is -0.0581. The zero-order valence-corrected chi connectivity index (χ0v) is 13.6. The second kappa shape index (κ2) is 6.29. The molecule has 120 valence electrons. The molecule has 2 fully saturated rings. The van der Waals surface area contributed by atoms with E-state index in [0.29, 0.717) is 24.9 Å². The minimum Gasteiger partial charge on any atom is -0.497 e. The van der Waals surface area contributed by atoms with Gasteiger partial charge in [0, 0.05) is 19.0 Å². The Hall–Kier alpha value is -1.55. The van der Waals surface area contributed by atoms with E-state index in [2.05, 4.69) is 29.3 Å². The molecule has 1 aromatic rings. The van der Waals surface area contributed by atoms with Crippen LogP contribution in [0.4, 0.5) is 0 Å². The highest BCUT2D eigenvalue weighted by atomic mass is 16.5. The fourth-order valence-electron chi connectivity index (χ4n) is 3.86. The normalized spacial score (nSPS) is 28.9. The average molecular weight is 302 g/mol. The van der Waals surface area contributed by atoms with Crippen LogP contribution in [0.15, 0.2) is 24.3 Å². The summed E-state index contributed by atoms with van der Waals surface area (Å²) in [4.78, 5) is 14.8. The van der Waals surface area contributed by atoms with Crippen LogP contribution in [0.1, 0.15) is 44.6 Å². The summed E-state index contributed by atoms with van der Waals surface area (Å²) in [7, 11) is 1.67. The van der Waals surface area contributed by atoms with Gasteiger partial charge < -0.3 is 15.0 Å². The van der Waals surface area contributed by atoms with Crippen LogP contribution in [0, 0.1) is 0 Å².